The zero-order chi connectivity index (χ0) is 9.26. The van der Waals surface area contributed by atoms with Gasteiger partial charge < -0.3 is 0 Å². The number of allylic oxidation sites excluding steroid dienone is 1. The third-order valence-corrected chi connectivity index (χ3v) is 2.47. The van der Waals surface area contributed by atoms with Gasteiger partial charge in [-0.2, -0.15) is 0 Å². The van der Waals surface area contributed by atoms with E-state index in [4.69, 9.17) is 0 Å². The summed E-state index contributed by atoms with van der Waals surface area (Å²) in [5.41, 5.74) is 5.14. The molecule has 13 heavy (non-hydrogen) atoms. The van der Waals surface area contributed by atoms with Crippen molar-refractivity contribution in [3.63, 3.8) is 0 Å². The summed E-state index contributed by atoms with van der Waals surface area (Å²) in [6.07, 6.45) is 6.26. The maximum absolute atomic E-state index is 4.36. The van der Waals surface area contributed by atoms with Gasteiger partial charge in [0.1, 0.15) is 0 Å². The van der Waals surface area contributed by atoms with Crippen LogP contribution in [0.5, 0.6) is 0 Å². The third kappa shape index (κ3) is 1.97. The molecule has 1 heterocycles. The highest BCUT2D eigenvalue weighted by atomic mass is 14.7. The van der Waals surface area contributed by atoms with Gasteiger partial charge in [-0.3, -0.25) is 4.98 Å². The molecule has 1 aliphatic carbocycles. The van der Waals surface area contributed by atoms with Gasteiger partial charge in [0.15, 0.2) is 0 Å². The van der Waals surface area contributed by atoms with Gasteiger partial charge in [-0.05, 0) is 50.8 Å². The molecule has 1 aromatic heterocycles. The Bertz CT molecular complexity index is 324. The van der Waals surface area contributed by atoms with Crippen LogP contribution in [-0.2, 0) is 0 Å². The maximum atomic E-state index is 4.36. The van der Waals surface area contributed by atoms with Crippen LogP contribution in [0.1, 0.15) is 36.2 Å². The smallest absolute Gasteiger partial charge is 0.0381 e. The summed E-state index contributed by atoms with van der Waals surface area (Å²) in [7, 11) is 0. The predicted molar refractivity (Wildman–Crippen MR) is 55.5 cm³/mol. The molecule has 0 atom stereocenters. The Balaban J connectivity index is 2.29. The first kappa shape index (κ1) is 8.49. The average molecular weight is 173 g/mol. The molecule has 0 unspecified atom stereocenters. The fourth-order valence-corrected chi connectivity index (χ4v) is 1.71. The minimum Gasteiger partial charge on any atom is -0.258 e. The van der Waals surface area contributed by atoms with Gasteiger partial charge >= 0.3 is 0 Å². The molecular weight excluding hydrogens is 158 g/mol. The molecule has 0 bridgehead atoms. The minimum atomic E-state index is 1.12. The Morgan fingerprint density at radius 2 is 1.77 bits per heavy atom. The van der Waals surface area contributed by atoms with Crippen LogP contribution < -0.4 is 0 Å². The summed E-state index contributed by atoms with van der Waals surface area (Å²) >= 11 is 0. The molecule has 2 rings (SSSR count). The highest BCUT2D eigenvalue weighted by molar-refractivity contribution is 5.54. The van der Waals surface area contributed by atoms with E-state index in [1.54, 1.807) is 5.57 Å². The number of aromatic nitrogens is 1. The van der Waals surface area contributed by atoms with Crippen molar-refractivity contribution in [2.75, 3.05) is 0 Å². The third-order valence-electron chi connectivity index (χ3n) is 2.47. The summed E-state index contributed by atoms with van der Waals surface area (Å²) in [6, 6.07) is 4.30. The van der Waals surface area contributed by atoms with Crippen LogP contribution in [0.2, 0.25) is 0 Å². The molecule has 68 valence electrons. The zero-order valence-corrected chi connectivity index (χ0v) is 8.30. The Kier molecular flexibility index (Phi) is 2.17. The lowest BCUT2D eigenvalue weighted by atomic mass is 9.91. The van der Waals surface area contributed by atoms with Gasteiger partial charge in [0.05, 0.1) is 0 Å². The van der Waals surface area contributed by atoms with Crippen LogP contribution in [0.25, 0.3) is 6.08 Å². The van der Waals surface area contributed by atoms with E-state index in [2.05, 4.69) is 37.0 Å². The largest absolute Gasteiger partial charge is 0.258 e. The van der Waals surface area contributed by atoms with E-state index in [1.807, 2.05) is 0 Å². The molecule has 0 radical (unpaired) electrons. The quantitative estimate of drug-likeness (QED) is 0.635. The predicted octanol–water partition coefficient (Wildman–Crippen LogP) is 3.27. The van der Waals surface area contributed by atoms with Gasteiger partial charge in [0.2, 0.25) is 0 Å². The second-order valence-electron chi connectivity index (χ2n) is 3.84. The number of hydrogen-bond donors (Lipinski definition) is 0. The first-order valence-electron chi connectivity index (χ1n) is 4.89. The van der Waals surface area contributed by atoms with Gasteiger partial charge in [0, 0.05) is 11.4 Å². The first-order chi connectivity index (χ1) is 6.24. The van der Waals surface area contributed by atoms with Gasteiger partial charge in [-0.15, -0.1) is 0 Å². The first-order valence-corrected chi connectivity index (χ1v) is 4.89. The molecule has 0 saturated heterocycles. The van der Waals surface area contributed by atoms with E-state index >= 15 is 0 Å². The topological polar surface area (TPSA) is 12.9 Å². The molecule has 1 heteroatoms. The molecule has 0 aliphatic heterocycles. The summed E-state index contributed by atoms with van der Waals surface area (Å²) in [4.78, 5) is 4.36. The second-order valence-corrected chi connectivity index (χ2v) is 3.84. The van der Waals surface area contributed by atoms with Crippen LogP contribution in [0.15, 0.2) is 17.7 Å². The van der Waals surface area contributed by atoms with Crippen LogP contribution in [0.4, 0.5) is 0 Å². The van der Waals surface area contributed by atoms with Crippen molar-refractivity contribution in [1.29, 1.82) is 0 Å². The lowest BCUT2D eigenvalue weighted by Gasteiger charge is -2.16. The highest BCUT2D eigenvalue weighted by Gasteiger charge is 2.07. The molecule has 1 saturated carbocycles. The van der Waals surface area contributed by atoms with E-state index in [0.717, 1.165) is 11.4 Å². The van der Waals surface area contributed by atoms with Crippen molar-refractivity contribution in [1.82, 2.24) is 4.98 Å². The number of hydrogen-bond acceptors (Lipinski definition) is 1. The number of pyridine rings is 1. The van der Waals surface area contributed by atoms with Crippen molar-refractivity contribution in [2.45, 2.75) is 33.1 Å². The highest BCUT2D eigenvalue weighted by Crippen LogP contribution is 2.27. The van der Waals surface area contributed by atoms with Crippen LogP contribution in [0, 0.1) is 13.8 Å². The number of aryl methyl sites for hydroxylation is 2. The van der Waals surface area contributed by atoms with Crippen LogP contribution >= 0.6 is 0 Å². The molecule has 0 aromatic carbocycles. The molecule has 1 fully saturated rings. The standard InChI is InChI=1S/C12H15N/c1-9-6-12(7-10(2)13-9)8-11-4-3-5-11/h6-8H,3-5H2,1-2H3. The molecule has 0 spiro atoms. The van der Waals surface area contributed by atoms with E-state index in [0.29, 0.717) is 0 Å². The Labute approximate surface area is 79.5 Å². The zero-order valence-electron chi connectivity index (χ0n) is 8.30. The lowest BCUT2D eigenvalue weighted by Crippen LogP contribution is -1.96. The van der Waals surface area contributed by atoms with E-state index in [9.17, 15) is 0 Å². The monoisotopic (exact) mass is 173 g/mol. The fraction of sp³-hybridized carbons (Fsp3) is 0.417. The van der Waals surface area contributed by atoms with Crippen LogP contribution in [-0.4, -0.2) is 4.98 Å². The Morgan fingerprint density at radius 1 is 1.15 bits per heavy atom. The van der Waals surface area contributed by atoms with Crippen molar-refractivity contribution in [2.24, 2.45) is 0 Å². The average Bonchev–Trinajstić information content (AvgIpc) is 1.95. The molecule has 1 nitrogen and oxygen atoms in total. The summed E-state index contributed by atoms with van der Waals surface area (Å²) in [6.45, 7) is 4.10. The molecule has 1 aliphatic rings. The minimum absolute atomic E-state index is 1.12. The molecule has 1 aromatic rings. The van der Waals surface area contributed by atoms with Crippen molar-refractivity contribution >= 4 is 6.08 Å². The molecule has 0 N–H and O–H groups in total. The van der Waals surface area contributed by atoms with Crippen molar-refractivity contribution < 1.29 is 0 Å². The van der Waals surface area contributed by atoms with Crippen LogP contribution in [0.3, 0.4) is 0 Å². The fourth-order valence-electron chi connectivity index (χ4n) is 1.71. The van der Waals surface area contributed by atoms with E-state index in [-0.39, 0.29) is 0 Å². The molecule has 0 amide bonds. The number of rotatable bonds is 1. The maximum Gasteiger partial charge on any atom is 0.0381 e. The Morgan fingerprint density at radius 3 is 2.23 bits per heavy atom. The Hall–Kier alpha value is -1.11. The lowest BCUT2D eigenvalue weighted by molar-refractivity contribution is 0.670. The summed E-state index contributed by atoms with van der Waals surface area (Å²) in [5.74, 6) is 0. The van der Waals surface area contributed by atoms with E-state index in [1.165, 1.54) is 24.8 Å². The van der Waals surface area contributed by atoms with Crippen molar-refractivity contribution in [3.05, 3.63) is 34.7 Å². The summed E-state index contributed by atoms with van der Waals surface area (Å²) in [5, 5.41) is 0. The van der Waals surface area contributed by atoms with Gasteiger partial charge in [-0.1, -0.05) is 11.6 Å². The SMILES string of the molecule is Cc1cc(C=C2CCC2)cc(C)n1. The summed E-state index contributed by atoms with van der Waals surface area (Å²) < 4.78 is 0. The van der Waals surface area contributed by atoms with Gasteiger partial charge in [0.25, 0.3) is 0 Å². The van der Waals surface area contributed by atoms with Gasteiger partial charge in [-0.25, -0.2) is 0 Å². The normalized spacial score (nSPS) is 15.4. The number of nitrogens with zero attached hydrogens (tertiary/aromatic N) is 1. The van der Waals surface area contributed by atoms with E-state index < -0.39 is 0 Å². The molecular formula is C12H15N. The second kappa shape index (κ2) is 3.33. The van der Waals surface area contributed by atoms with Crippen molar-refractivity contribution in [3.8, 4) is 0 Å².